The minimum atomic E-state index is -0.109. The van der Waals surface area contributed by atoms with Gasteiger partial charge in [0.25, 0.3) is 0 Å². The van der Waals surface area contributed by atoms with Gasteiger partial charge in [-0.2, -0.15) is 0 Å². The standard InChI is InChI=1S/C24H20N4O2S2/c29-22(16-31-23-12-2-4-14-26-23)28-19-9-5-8-18-17(19)7-6-10-20(18)32-24(30)15-27-21-11-1-3-13-25-21/h1-14H,15-16H2,(H,25,27)(H,28,29). The minimum absolute atomic E-state index is 0.0237. The molecule has 32 heavy (non-hydrogen) atoms. The lowest BCUT2D eigenvalue weighted by molar-refractivity contribution is -0.114. The van der Waals surface area contributed by atoms with Gasteiger partial charge in [0.2, 0.25) is 11.0 Å². The second-order valence-corrected chi connectivity index (χ2v) is 8.80. The quantitative estimate of drug-likeness (QED) is 0.354. The number of hydrogen-bond acceptors (Lipinski definition) is 7. The molecule has 160 valence electrons. The molecule has 2 aromatic heterocycles. The lowest BCUT2D eigenvalue weighted by atomic mass is 10.1. The lowest BCUT2D eigenvalue weighted by Gasteiger charge is -2.11. The molecule has 4 rings (SSSR count). The van der Waals surface area contributed by atoms with Crippen molar-refractivity contribution in [2.45, 2.75) is 9.92 Å². The number of rotatable bonds is 8. The van der Waals surface area contributed by atoms with E-state index in [1.54, 1.807) is 12.4 Å². The summed E-state index contributed by atoms with van der Waals surface area (Å²) in [5.74, 6) is 0.814. The Bertz CT molecular complexity index is 1120. The maximum Gasteiger partial charge on any atom is 0.234 e. The molecule has 2 heterocycles. The van der Waals surface area contributed by atoms with Crippen LogP contribution in [0.4, 0.5) is 11.5 Å². The van der Waals surface area contributed by atoms with E-state index in [1.165, 1.54) is 23.5 Å². The molecule has 0 fully saturated rings. The van der Waals surface area contributed by atoms with Gasteiger partial charge in [0.1, 0.15) is 5.82 Å². The zero-order valence-corrected chi connectivity index (χ0v) is 18.7. The van der Waals surface area contributed by atoms with Gasteiger partial charge in [-0.05, 0) is 53.5 Å². The topological polar surface area (TPSA) is 84.0 Å². The summed E-state index contributed by atoms with van der Waals surface area (Å²) in [5, 5.41) is 8.59. The van der Waals surface area contributed by atoms with E-state index in [-0.39, 0.29) is 23.3 Å². The van der Waals surface area contributed by atoms with Crippen LogP contribution in [-0.4, -0.2) is 33.3 Å². The number of aromatic nitrogens is 2. The monoisotopic (exact) mass is 460 g/mol. The number of carbonyl (C=O) groups excluding carboxylic acids is 2. The molecule has 0 aliphatic heterocycles. The van der Waals surface area contributed by atoms with Crippen molar-refractivity contribution in [3.63, 3.8) is 0 Å². The molecule has 0 aliphatic carbocycles. The third-order valence-corrected chi connectivity index (χ3v) is 6.34. The van der Waals surface area contributed by atoms with Crippen molar-refractivity contribution < 1.29 is 9.59 Å². The van der Waals surface area contributed by atoms with E-state index in [9.17, 15) is 9.59 Å². The zero-order chi connectivity index (χ0) is 22.2. The van der Waals surface area contributed by atoms with E-state index in [0.717, 1.165) is 26.4 Å². The van der Waals surface area contributed by atoms with Gasteiger partial charge in [-0.15, -0.1) is 0 Å². The highest BCUT2D eigenvalue weighted by Gasteiger charge is 2.12. The van der Waals surface area contributed by atoms with Crippen molar-refractivity contribution in [3.05, 3.63) is 85.2 Å². The highest BCUT2D eigenvalue weighted by atomic mass is 32.2. The maximum atomic E-state index is 12.5. The molecular formula is C24H20N4O2S2. The second kappa shape index (κ2) is 10.8. The summed E-state index contributed by atoms with van der Waals surface area (Å²) in [5.41, 5.74) is 0.718. The molecule has 2 N–H and O–H groups in total. The summed E-state index contributed by atoms with van der Waals surface area (Å²) in [6.07, 6.45) is 3.38. The predicted molar refractivity (Wildman–Crippen MR) is 131 cm³/mol. The van der Waals surface area contributed by atoms with Crippen molar-refractivity contribution in [3.8, 4) is 0 Å². The van der Waals surface area contributed by atoms with Crippen LogP contribution in [0.25, 0.3) is 10.8 Å². The largest absolute Gasteiger partial charge is 0.362 e. The Labute approximate surface area is 194 Å². The zero-order valence-electron chi connectivity index (χ0n) is 17.0. The van der Waals surface area contributed by atoms with Gasteiger partial charge in [0.15, 0.2) is 0 Å². The van der Waals surface area contributed by atoms with Crippen LogP contribution in [0.5, 0.6) is 0 Å². The molecule has 8 heteroatoms. The van der Waals surface area contributed by atoms with Crippen LogP contribution in [0.1, 0.15) is 0 Å². The van der Waals surface area contributed by atoms with Crippen LogP contribution in [0, 0.1) is 0 Å². The SMILES string of the molecule is O=C(CSc1ccccn1)Nc1cccc2c(SC(=O)CNc3ccccn3)cccc12. The Kier molecular flexibility index (Phi) is 7.37. The summed E-state index contributed by atoms with van der Waals surface area (Å²) in [6.45, 7) is 0.166. The van der Waals surface area contributed by atoms with Crippen molar-refractivity contribution in [1.82, 2.24) is 9.97 Å². The second-order valence-electron chi connectivity index (χ2n) is 6.70. The minimum Gasteiger partial charge on any atom is -0.362 e. The van der Waals surface area contributed by atoms with Gasteiger partial charge >= 0.3 is 0 Å². The number of nitrogens with zero attached hydrogens (tertiary/aromatic N) is 2. The summed E-state index contributed by atoms with van der Waals surface area (Å²) in [7, 11) is 0. The molecule has 0 saturated carbocycles. The first-order valence-electron chi connectivity index (χ1n) is 9.90. The maximum absolute atomic E-state index is 12.5. The molecule has 0 saturated heterocycles. The average Bonchev–Trinajstić information content (AvgIpc) is 2.83. The Balaban J connectivity index is 1.42. The summed E-state index contributed by atoms with van der Waals surface area (Å²) >= 11 is 2.56. The van der Waals surface area contributed by atoms with Crippen LogP contribution >= 0.6 is 23.5 Å². The molecule has 0 radical (unpaired) electrons. The van der Waals surface area contributed by atoms with E-state index in [1.807, 2.05) is 72.8 Å². The van der Waals surface area contributed by atoms with Gasteiger partial charge in [-0.3, -0.25) is 9.59 Å². The van der Waals surface area contributed by atoms with E-state index in [2.05, 4.69) is 20.6 Å². The number of pyridine rings is 2. The molecule has 1 amide bonds. The van der Waals surface area contributed by atoms with Gasteiger partial charge in [-0.25, -0.2) is 9.97 Å². The van der Waals surface area contributed by atoms with Crippen LogP contribution in [0.15, 0.2) is 95.1 Å². The number of carbonyl (C=O) groups is 2. The first-order valence-corrected chi connectivity index (χ1v) is 11.7. The van der Waals surface area contributed by atoms with Gasteiger partial charge in [-0.1, -0.05) is 48.2 Å². The first kappa shape index (κ1) is 21.9. The van der Waals surface area contributed by atoms with E-state index in [4.69, 9.17) is 0 Å². The van der Waals surface area contributed by atoms with Crippen molar-refractivity contribution >= 4 is 56.8 Å². The van der Waals surface area contributed by atoms with E-state index >= 15 is 0 Å². The number of hydrogen-bond donors (Lipinski definition) is 2. The van der Waals surface area contributed by atoms with E-state index in [0.29, 0.717) is 5.82 Å². The fraction of sp³-hybridized carbons (Fsp3) is 0.0833. The number of anilines is 2. The molecule has 4 aromatic rings. The van der Waals surface area contributed by atoms with Crippen LogP contribution < -0.4 is 10.6 Å². The van der Waals surface area contributed by atoms with Crippen LogP contribution in [0.3, 0.4) is 0 Å². The summed E-state index contributed by atoms with van der Waals surface area (Å²) < 4.78 is 0. The number of amides is 1. The van der Waals surface area contributed by atoms with Gasteiger partial charge in [0, 0.05) is 28.4 Å². The molecule has 0 unspecified atom stereocenters. The van der Waals surface area contributed by atoms with Gasteiger partial charge < -0.3 is 10.6 Å². The Morgan fingerprint density at radius 2 is 1.59 bits per heavy atom. The molecule has 0 spiro atoms. The molecule has 2 aromatic carbocycles. The third kappa shape index (κ3) is 5.87. The number of benzene rings is 2. The van der Waals surface area contributed by atoms with E-state index < -0.39 is 0 Å². The Morgan fingerprint density at radius 3 is 2.38 bits per heavy atom. The summed E-state index contributed by atoms with van der Waals surface area (Å²) in [4.78, 5) is 34.2. The Morgan fingerprint density at radius 1 is 0.812 bits per heavy atom. The number of thioether (sulfide) groups is 2. The van der Waals surface area contributed by atoms with Crippen LogP contribution in [0.2, 0.25) is 0 Å². The molecule has 0 atom stereocenters. The summed E-state index contributed by atoms with van der Waals surface area (Å²) in [6, 6.07) is 22.6. The lowest BCUT2D eigenvalue weighted by Crippen LogP contribution is -2.14. The average molecular weight is 461 g/mol. The fourth-order valence-corrected chi connectivity index (χ4v) is 4.51. The number of nitrogens with one attached hydrogen (secondary N) is 2. The van der Waals surface area contributed by atoms with Crippen molar-refractivity contribution in [2.24, 2.45) is 0 Å². The molecule has 6 nitrogen and oxygen atoms in total. The first-order chi connectivity index (χ1) is 15.7. The fourth-order valence-electron chi connectivity index (χ4n) is 3.03. The third-order valence-electron chi connectivity index (χ3n) is 4.45. The van der Waals surface area contributed by atoms with Crippen molar-refractivity contribution in [1.29, 1.82) is 0 Å². The van der Waals surface area contributed by atoms with Crippen molar-refractivity contribution in [2.75, 3.05) is 22.9 Å². The van der Waals surface area contributed by atoms with Gasteiger partial charge in [0.05, 0.1) is 17.3 Å². The smallest absolute Gasteiger partial charge is 0.234 e. The number of fused-ring (bicyclic) bond motifs is 1. The Hall–Kier alpha value is -3.36. The highest BCUT2D eigenvalue weighted by Crippen LogP contribution is 2.32. The highest BCUT2D eigenvalue weighted by molar-refractivity contribution is 8.14. The van der Waals surface area contributed by atoms with Crippen LogP contribution in [-0.2, 0) is 9.59 Å². The molecule has 0 bridgehead atoms. The predicted octanol–water partition coefficient (Wildman–Crippen LogP) is 5.09. The molecular weight excluding hydrogens is 440 g/mol. The molecule has 0 aliphatic rings. The normalized spacial score (nSPS) is 10.6.